The third-order valence-corrected chi connectivity index (χ3v) is 4.68. The molecule has 0 radical (unpaired) electrons. The molecule has 0 spiro atoms. The molecule has 0 aliphatic carbocycles. The minimum atomic E-state index is -0.277. The van der Waals surface area contributed by atoms with Crippen molar-refractivity contribution in [2.24, 2.45) is 0 Å². The van der Waals surface area contributed by atoms with Crippen LogP contribution in [0.2, 0.25) is 10.0 Å². The lowest BCUT2D eigenvalue weighted by molar-refractivity contribution is 0.0950. The van der Waals surface area contributed by atoms with Gasteiger partial charge in [-0.15, -0.1) is 0 Å². The first-order chi connectivity index (χ1) is 12.5. The Bertz CT molecular complexity index is 964. The molecular formula is C20H16Cl2N2O2. The van der Waals surface area contributed by atoms with Gasteiger partial charge in [0.1, 0.15) is 0 Å². The molecule has 6 heteroatoms. The number of nitrogens with one attached hydrogen (secondary N) is 2. The number of aromatic amines is 1. The highest BCUT2D eigenvalue weighted by Gasteiger charge is 2.12. The summed E-state index contributed by atoms with van der Waals surface area (Å²) in [5.41, 5.74) is 2.17. The second-order valence-electron chi connectivity index (χ2n) is 5.79. The molecule has 26 heavy (non-hydrogen) atoms. The van der Waals surface area contributed by atoms with E-state index in [-0.39, 0.29) is 17.9 Å². The molecule has 132 valence electrons. The van der Waals surface area contributed by atoms with Crippen molar-refractivity contribution in [3.63, 3.8) is 0 Å². The summed E-state index contributed by atoms with van der Waals surface area (Å²) in [4.78, 5) is 27.1. The van der Waals surface area contributed by atoms with Crippen molar-refractivity contribution in [1.82, 2.24) is 10.3 Å². The lowest BCUT2D eigenvalue weighted by Gasteiger charge is -2.09. The number of carbonyl (C=O) groups is 1. The Labute approximate surface area is 160 Å². The van der Waals surface area contributed by atoms with Gasteiger partial charge in [0, 0.05) is 34.8 Å². The second kappa shape index (κ2) is 8.21. The molecule has 0 bridgehead atoms. The van der Waals surface area contributed by atoms with E-state index in [0.717, 1.165) is 5.56 Å². The van der Waals surface area contributed by atoms with Crippen LogP contribution in [0, 0.1) is 0 Å². The minimum Gasteiger partial charge on any atom is -0.348 e. The lowest BCUT2D eigenvalue weighted by atomic mass is 10.0. The van der Waals surface area contributed by atoms with Gasteiger partial charge in [0.25, 0.3) is 11.5 Å². The number of rotatable bonds is 5. The molecule has 0 unspecified atom stereocenters. The predicted molar refractivity (Wildman–Crippen MR) is 104 cm³/mol. The first kappa shape index (κ1) is 18.2. The highest BCUT2D eigenvalue weighted by atomic mass is 35.5. The molecule has 0 atom stereocenters. The molecule has 3 aromatic rings. The van der Waals surface area contributed by atoms with Crippen molar-refractivity contribution >= 4 is 29.1 Å². The topological polar surface area (TPSA) is 62.0 Å². The van der Waals surface area contributed by atoms with Gasteiger partial charge in [0.2, 0.25) is 0 Å². The molecule has 4 nitrogen and oxygen atoms in total. The molecule has 0 saturated carbocycles. The third-order valence-electron chi connectivity index (χ3n) is 3.97. The zero-order valence-corrected chi connectivity index (χ0v) is 15.3. The number of aromatic nitrogens is 1. The highest BCUT2D eigenvalue weighted by molar-refractivity contribution is 6.36. The van der Waals surface area contributed by atoms with Crippen LogP contribution in [0.1, 0.15) is 27.0 Å². The Balaban J connectivity index is 1.79. The first-order valence-electron chi connectivity index (χ1n) is 8.01. The van der Waals surface area contributed by atoms with E-state index in [9.17, 15) is 9.59 Å². The average Bonchev–Trinajstić information content (AvgIpc) is 2.65. The van der Waals surface area contributed by atoms with Gasteiger partial charge in [-0.3, -0.25) is 9.59 Å². The predicted octanol–water partition coefficient (Wildman–Crippen LogP) is 4.20. The largest absolute Gasteiger partial charge is 0.348 e. The summed E-state index contributed by atoms with van der Waals surface area (Å²) in [7, 11) is 0. The summed E-state index contributed by atoms with van der Waals surface area (Å²) < 4.78 is 0. The summed E-state index contributed by atoms with van der Waals surface area (Å²) in [6, 6.07) is 16.3. The number of hydrogen-bond acceptors (Lipinski definition) is 2. The maximum absolute atomic E-state index is 12.4. The molecule has 0 saturated heterocycles. The van der Waals surface area contributed by atoms with Gasteiger partial charge in [0.05, 0.1) is 5.56 Å². The maximum Gasteiger partial charge on any atom is 0.253 e. The van der Waals surface area contributed by atoms with Gasteiger partial charge in [0.15, 0.2) is 0 Å². The van der Waals surface area contributed by atoms with Crippen LogP contribution < -0.4 is 10.9 Å². The molecular weight excluding hydrogens is 371 g/mol. The minimum absolute atomic E-state index is 0.244. The fourth-order valence-corrected chi connectivity index (χ4v) is 3.10. The fraction of sp³-hybridized carbons (Fsp3) is 0.100. The van der Waals surface area contributed by atoms with Crippen molar-refractivity contribution in [3.8, 4) is 0 Å². The summed E-state index contributed by atoms with van der Waals surface area (Å²) in [6.45, 7) is 0.407. The Morgan fingerprint density at radius 3 is 2.38 bits per heavy atom. The van der Waals surface area contributed by atoms with E-state index in [1.165, 1.54) is 6.20 Å². The molecule has 1 amide bonds. The van der Waals surface area contributed by atoms with Crippen molar-refractivity contribution in [1.29, 1.82) is 0 Å². The van der Waals surface area contributed by atoms with E-state index < -0.39 is 0 Å². The molecule has 1 heterocycles. The summed E-state index contributed by atoms with van der Waals surface area (Å²) in [5.74, 6) is -0.267. The van der Waals surface area contributed by atoms with Crippen molar-refractivity contribution in [2.45, 2.75) is 13.0 Å². The van der Waals surface area contributed by atoms with Crippen LogP contribution in [-0.4, -0.2) is 10.9 Å². The number of hydrogen-bond donors (Lipinski definition) is 2. The van der Waals surface area contributed by atoms with Crippen LogP contribution >= 0.6 is 23.2 Å². The third kappa shape index (κ3) is 4.34. The average molecular weight is 387 g/mol. The number of pyridine rings is 1. The van der Waals surface area contributed by atoms with Crippen molar-refractivity contribution < 1.29 is 4.79 Å². The van der Waals surface area contributed by atoms with Crippen LogP contribution in [0.25, 0.3) is 0 Å². The Morgan fingerprint density at radius 2 is 1.69 bits per heavy atom. The molecule has 2 aromatic carbocycles. The number of carbonyl (C=O) groups excluding carboxylic acids is 1. The molecule has 0 fully saturated rings. The molecule has 0 aliphatic rings. The van der Waals surface area contributed by atoms with Crippen LogP contribution in [-0.2, 0) is 13.0 Å². The summed E-state index contributed by atoms with van der Waals surface area (Å²) in [5, 5.41) is 3.80. The highest BCUT2D eigenvalue weighted by Crippen LogP contribution is 2.26. The summed E-state index contributed by atoms with van der Waals surface area (Å²) >= 11 is 12.4. The van der Waals surface area contributed by atoms with E-state index in [1.807, 2.05) is 30.3 Å². The lowest BCUT2D eigenvalue weighted by Crippen LogP contribution is -2.25. The quantitative estimate of drug-likeness (QED) is 0.689. The van der Waals surface area contributed by atoms with E-state index in [1.54, 1.807) is 24.3 Å². The molecule has 1 aromatic heterocycles. The van der Waals surface area contributed by atoms with Crippen LogP contribution in [0.5, 0.6) is 0 Å². The normalized spacial score (nSPS) is 10.5. The van der Waals surface area contributed by atoms with Crippen LogP contribution in [0.3, 0.4) is 0 Å². The van der Waals surface area contributed by atoms with Crippen molar-refractivity contribution in [3.05, 3.63) is 103 Å². The number of benzene rings is 2. The van der Waals surface area contributed by atoms with Gasteiger partial charge < -0.3 is 10.3 Å². The van der Waals surface area contributed by atoms with Crippen LogP contribution in [0.4, 0.5) is 0 Å². The number of halogens is 2. The first-order valence-corrected chi connectivity index (χ1v) is 8.77. The smallest absolute Gasteiger partial charge is 0.253 e. The van der Waals surface area contributed by atoms with Gasteiger partial charge in [-0.25, -0.2) is 0 Å². The van der Waals surface area contributed by atoms with Gasteiger partial charge >= 0.3 is 0 Å². The number of amides is 1. The Morgan fingerprint density at radius 1 is 1.00 bits per heavy atom. The van der Waals surface area contributed by atoms with E-state index in [0.29, 0.717) is 33.3 Å². The second-order valence-corrected chi connectivity index (χ2v) is 6.60. The molecule has 0 aliphatic heterocycles. The zero-order valence-electron chi connectivity index (χ0n) is 13.8. The maximum atomic E-state index is 12.4. The van der Waals surface area contributed by atoms with E-state index in [4.69, 9.17) is 23.2 Å². The van der Waals surface area contributed by atoms with Gasteiger partial charge in [-0.05, 0) is 29.3 Å². The van der Waals surface area contributed by atoms with E-state index >= 15 is 0 Å². The Hall–Kier alpha value is -2.56. The SMILES string of the molecule is O=C(NCc1ccccc1)c1c[nH]c(=O)c(Cc2c(Cl)cccc2Cl)c1. The zero-order chi connectivity index (χ0) is 18.5. The number of H-pyrrole nitrogens is 1. The monoisotopic (exact) mass is 386 g/mol. The van der Waals surface area contributed by atoms with Crippen molar-refractivity contribution in [2.75, 3.05) is 0 Å². The molecule has 2 N–H and O–H groups in total. The van der Waals surface area contributed by atoms with Gasteiger partial charge in [-0.2, -0.15) is 0 Å². The van der Waals surface area contributed by atoms with Crippen LogP contribution in [0.15, 0.2) is 65.6 Å². The Kier molecular flexibility index (Phi) is 5.76. The standard InChI is InChI=1S/C20H16Cl2N2O2/c21-17-7-4-8-18(22)16(17)10-14-9-15(12-24-19(14)25)20(26)23-11-13-5-2-1-3-6-13/h1-9,12H,10-11H2,(H,23,26)(H,24,25). The molecule has 3 rings (SSSR count). The summed E-state index contributed by atoms with van der Waals surface area (Å²) in [6.07, 6.45) is 1.65. The fourth-order valence-electron chi connectivity index (χ4n) is 2.57. The van der Waals surface area contributed by atoms with Gasteiger partial charge in [-0.1, -0.05) is 59.6 Å². The van der Waals surface area contributed by atoms with E-state index in [2.05, 4.69) is 10.3 Å².